The molecule has 166 valence electrons. The Labute approximate surface area is 181 Å². The zero-order valence-electron chi connectivity index (χ0n) is 16.7. The van der Waals surface area contributed by atoms with Crippen molar-refractivity contribution in [3.05, 3.63) is 66.0 Å². The van der Waals surface area contributed by atoms with Crippen LogP contribution < -0.4 is 27.1 Å². The van der Waals surface area contributed by atoms with Crippen LogP contribution in [0.25, 0.3) is 11.3 Å². The van der Waals surface area contributed by atoms with Gasteiger partial charge in [0, 0.05) is 24.1 Å². The number of nitrogens with one attached hydrogen (secondary N) is 2. The van der Waals surface area contributed by atoms with Crippen LogP contribution in [-0.2, 0) is 0 Å². The lowest BCUT2D eigenvalue weighted by Crippen LogP contribution is -2.43. The summed E-state index contributed by atoms with van der Waals surface area (Å²) in [6.07, 6.45) is -1.15. The summed E-state index contributed by atoms with van der Waals surface area (Å²) in [4.78, 5) is 16.9. The molecule has 1 heterocycles. The van der Waals surface area contributed by atoms with Gasteiger partial charge in [-0.3, -0.25) is 4.79 Å². The summed E-state index contributed by atoms with van der Waals surface area (Å²) in [6.45, 7) is 0. The average molecular weight is 443 g/mol. The first-order chi connectivity index (χ1) is 15.2. The molecule has 2 aromatic carbocycles. The number of benzene rings is 2. The van der Waals surface area contributed by atoms with E-state index in [1.54, 1.807) is 36.4 Å². The van der Waals surface area contributed by atoms with Gasteiger partial charge in [0.05, 0.1) is 16.9 Å². The third-order valence-electron chi connectivity index (χ3n) is 5.04. The maximum Gasteiger partial charge on any atom is 0.258 e. The Balaban J connectivity index is 1.47. The molecule has 1 aromatic heterocycles. The molecule has 1 aliphatic carbocycles. The van der Waals surface area contributed by atoms with Gasteiger partial charge in [-0.05, 0) is 54.6 Å². The first-order valence-corrected chi connectivity index (χ1v) is 9.73. The first-order valence-electron chi connectivity index (χ1n) is 9.73. The Morgan fingerprint density at radius 1 is 1.09 bits per heavy atom. The van der Waals surface area contributed by atoms with E-state index >= 15 is 0 Å². The molecule has 4 rings (SSSR count). The highest BCUT2D eigenvalue weighted by Gasteiger charge is 2.46. The van der Waals surface area contributed by atoms with Crippen LogP contribution in [0.15, 0.2) is 54.6 Å². The minimum atomic E-state index is -2.67. The molecule has 0 saturated heterocycles. The minimum Gasteiger partial charge on any atom is -0.490 e. The number of anilines is 3. The van der Waals surface area contributed by atoms with Crippen molar-refractivity contribution in [1.82, 2.24) is 4.98 Å². The van der Waals surface area contributed by atoms with E-state index in [1.165, 1.54) is 18.2 Å². The fraction of sp³-hybridized carbons (Fsp3) is 0.182. The predicted octanol–water partition coefficient (Wildman–Crippen LogP) is 4.18. The van der Waals surface area contributed by atoms with Gasteiger partial charge in [-0.2, -0.15) is 0 Å². The van der Waals surface area contributed by atoms with Crippen molar-refractivity contribution in [3.63, 3.8) is 0 Å². The summed E-state index contributed by atoms with van der Waals surface area (Å²) in [7, 11) is 0. The molecule has 7 nitrogen and oxygen atoms in total. The summed E-state index contributed by atoms with van der Waals surface area (Å²) in [5.74, 6) is 2.02. The van der Waals surface area contributed by atoms with Gasteiger partial charge in [-0.15, -0.1) is 0 Å². The number of hydrogen-bond acceptors (Lipinski definition) is 6. The average Bonchev–Trinajstić information content (AvgIpc) is 2.74. The Hall–Kier alpha value is -3.79. The van der Waals surface area contributed by atoms with Crippen molar-refractivity contribution in [3.8, 4) is 17.0 Å². The van der Waals surface area contributed by atoms with E-state index in [0.717, 1.165) is 0 Å². The van der Waals surface area contributed by atoms with E-state index in [-0.39, 0.29) is 24.2 Å². The molecule has 1 amide bonds. The molecule has 10 heteroatoms. The van der Waals surface area contributed by atoms with Crippen LogP contribution in [0, 0.1) is 5.82 Å². The topological polar surface area (TPSA) is 115 Å². The maximum atomic E-state index is 14.3. The molecule has 3 aromatic rings. The molecule has 0 spiro atoms. The SMILES string of the molecule is NNc1nc(-c2ccc(F)c(C(=O)Nc3ccc(OC4CC(F)(F)C4)cc3)c2)ccc1N. The summed E-state index contributed by atoms with van der Waals surface area (Å²) in [5.41, 5.74) is 9.63. The van der Waals surface area contributed by atoms with Gasteiger partial charge in [-0.25, -0.2) is 24.0 Å². The van der Waals surface area contributed by atoms with Crippen LogP contribution in [0.4, 0.5) is 30.4 Å². The van der Waals surface area contributed by atoms with Crippen molar-refractivity contribution in [2.75, 3.05) is 16.5 Å². The Morgan fingerprint density at radius 3 is 2.47 bits per heavy atom. The number of nitrogen functional groups attached to an aromatic ring is 2. The number of halogens is 3. The lowest BCUT2D eigenvalue weighted by atomic mass is 9.91. The zero-order chi connectivity index (χ0) is 22.9. The number of carbonyl (C=O) groups excluding carboxylic acids is 1. The number of pyridine rings is 1. The van der Waals surface area contributed by atoms with Crippen molar-refractivity contribution >= 4 is 23.1 Å². The number of carbonyl (C=O) groups is 1. The van der Waals surface area contributed by atoms with E-state index < -0.39 is 23.8 Å². The maximum absolute atomic E-state index is 14.3. The molecule has 0 atom stereocenters. The molecular weight excluding hydrogens is 423 g/mol. The Kier molecular flexibility index (Phi) is 5.62. The van der Waals surface area contributed by atoms with E-state index in [1.807, 2.05) is 0 Å². The molecule has 1 saturated carbocycles. The molecule has 0 unspecified atom stereocenters. The normalized spacial score (nSPS) is 15.0. The predicted molar refractivity (Wildman–Crippen MR) is 115 cm³/mol. The smallest absolute Gasteiger partial charge is 0.258 e. The highest BCUT2D eigenvalue weighted by molar-refractivity contribution is 6.05. The summed E-state index contributed by atoms with van der Waals surface area (Å²) in [6, 6.07) is 13.5. The van der Waals surface area contributed by atoms with E-state index in [0.29, 0.717) is 28.4 Å². The second kappa shape index (κ2) is 8.39. The molecule has 0 aliphatic heterocycles. The number of nitrogens with zero attached hydrogens (tertiary/aromatic N) is 1. The molecule has 0 bridgehead atoms. The third-order valence-corrected chi connectivity index (χ3v) is 5.04. The number of alkyl halides is 2. The second-order valence-electron chi connectivity index (χ2n) is 7.46. The van der Waals surface area contributed by atoms with Crippen LogP contribution in [0.2, 0.25) is 0 Å². The standard InChI is InChI=1S/C22H20F3N5O2/c23-17-6-1-12(19-8-7-18(26)20(29-19)30-27)9-16(17)21(31)28-13-2-4-14(5-3-13)32-15-10-22(24,25)11-15/h1-9,15H,10-11,26-27H2,(H,28,31)(H,29,30). The third kappa shape index (κ3) is 4.59. The fourth-order valence-electron chi connectivity index (χ4n) is 3.30. The Bertz CT molecular complexity index is 1150. The number of amides is 1. The first kappa shape index (κ1) is 21.4. The van der Waals surface area contributed by atoms with Crippen LogP contribution in [0.1, 0.15) is 23.2 Å². The largest absolute Gasteiger partial charge is 0.490 e. The van der Waals surface area contributed by atoms with E-state index in [2.05, 4.69) is 15.7 Å². The fourth-order valence-corrected chi connectivity index (χ4v) is 3.30. The number of rotatable bonds is 6. The van der Waals surface area contributed by atoms with Gasteiger partial charge in [0.15, 0.2) is 5.82 Å². The molecule has 1 fully saturated rings. The van der Waals surface area contributed by atoms with Crippen molar-refractivity contribution in [1.29, 1.82) is 0 Å². The number of ether oxygens (including phenoxy) is 1. The van der Waals surface area contributed by atoms with Crippen molar-refractivity contribution in [2.45, 2.75) is 24.9 Å². The van der Waals surface area contributed by atoms with Crippen LogP contribution in [0.3, 0.4) is 0 Å². The molecule has 1 aliphatic rings. The summed E-state index contributed by atoms with van der Waals surface area (Å²) in [5, 5.41) is 2.60. The van der Waals surface area contributed by atoms with Gasteiger partial charge in [0.1, 0.15) is 17.7 Å². The number of aromatic nitrogens is 1. The van der Waals surface area contributed by atoms with Gasteiger partial charge in [-0.1, -0.05) is 0 Å². The van der Waals surface area contributed by atoms with Gasteiger partial charge in [0.2, 0.25) is 0 Å². The lowest BCUT2D eigenvalue weighted by Gasteiger charge is -2.34. The molecule has 32 heavy (non-hydrogen) atoms. The highest BCUT2D eigenvalue weighted by atomic mass is 19.3. The van der Waals surface area contributed by atoms with Gasteiger partial charge >= 0.3 is 0 Å². The van der Waals surface area contributed by atoms with Crippen molar-refractivity contribution in [2.24, 2.45) is 5.84 Å². The molecular formula is C22H20F3N5O2. The molecule has 0 radical (unpaired) electrons. The highest BCUT2D eigenvalue weighted by Crippen LogP contribution is 2.39. The molecule has 6 N–H and O–H groups in total. The second-order valence-corrected chi connectivity index (χ2v) is 7.46. The summed E-state index contributed by atoms with van der Waals surface area (Å²) >= 11 is 0. The van der Waals surface area contributed by atoms with Crippen molar-refractivity contribution < 1.29 is 22.7 Å². The lowest BCUT2D eigenvalue weighted by molar-refractivity contribution is -0.134. The summed E-state index contributed by atoms with van der Waals surface area (Å²) < 4.78 is 45.6. The minimum absolute atomic E-state index is 0.180. The van der Waals surface area contributed by atoms with E-state index in [9.17, 15) is 18.0 Å². The number of hydrazine groups is 1. The van der Waals surface area contributed by atoms with E-state index in [4.69, 9.17) is 16.3 Å². The number of nitrogens with two attached hydrogens (primary N) is 2. The van der Waals surface area contributed by atoms with Crippen LogP contribution in [-0.4, -0.2) is 22.9 Å². The quantitative estimate of drug-likeness (QED) is 0.336. The number of hydrogen-bond donors (Lipinski definition) is 4. The van der Waals surface area contributed by atoms with Crippen LogP contribution >= 0.6 is 0 Å². The van der Waals surface area contributed by atoms with Gasteiger partial charge in [0.25, 0.3) is 11.8 Å². The van der Waals surface area contributed by atoms with Crippen LogP contribution in [0.5, 0.6) is 5.75 Å². The monoisotopic (exact) mass is 443 g/mol. The Morgan fingerprint density at radius 2 is 1.81 bits per heavy atom. The van der Waals surface area contributed by atoms with Gasteiger partial charge < -0.3 is 21.2 Å². The zero-order valence-corrected chi connectivity index (χ0v) is 16.7.